The summed E-state index contributed by atoms with van der Waals surface area (Å²) in [6.45, 7) is 0.510. The molecule has 1 saturated heterocycles. The van der Waals surface area contributed by atoms with Crippen LogP contribution in [0.15, 0.2) is 30.3 Å². The van der Waals surface area contributed by atoms with Crippen molar-refractivity contribution in [3.63, 3.8) is 0 Å². The second-order valence-corrected chi connectivity index (χ2v) is 4.15. The van der Waals surface area contributed by atoms with Gasteiger partial charge in [0.1, 0.15) is 0 Å². The van der Waals surface area contributed by atoms with Gasteiger partial charge in [0.05, 0.1) is 19.1 Å². The highest BCUT2D eigenvalue weighted by molar-refractivity contribution is 6.00. The molecule has 0 bridgehead atoms. The summed E-state index contributed by atoms with van der Waals surface area (Å²) in [6.07, 6.45) is 0.514. The first kappa shape index (κ1) is 11.8. The van der Waals surface area contributed by atoms with Crippen LogP contribution in [0.3, 0.4) is 0 Å². The fourth-order valence-electron chi connectivity index (χ4n) is 2.09. The fourth-order valence-corrected chi connectivity index (χ4v) is 2.09. The zero-order valence-corrected chi connectivity index (χ0v) is 9.68. The van der Waals surface area contributed by atoms with Gasteiger partial charge in [0.15, 0.2) is 5.78 Å². The third kappa shape index (κ3) is 2.53. The molecule has 0 aliphatic carbocycles. The molecule has 0 amide bonds. The average Bonchev–Trinajstić information content (AvgIpc) is 2.87. The normalized spacial score (nSPS) is 23.4. The number of ether oxygens (including phenoxy) is 1. The molecule has 0 spiro atoms. The van der Waals surface area contributed by atoms with Gasteiger partial charge in [-0.15, -0.1) is 0 Å². The van der Waals surface area contributed by atoms with E-state index in [2.05, 4.69) is 10.1 Å². The van der Waals surface area contributed by atoms with Crippen LogP contribution in [-0.4, -0.2) is 31.4 Å². The van der Waals surface area contributed by atoms with Gasteiger partial charge in [-0.05, 0) is 6.42 Å². The molecule has 1 aromatic rings. The Morgan fingerprint density at radius 3 is 2.65 bits per heavy atom. The van der Waals surface area contributed by atoms with E-state index < -0.39 is 0 Å². The average molecular weight is 233 g/mol. The highest BCUT2D eigenvalue weighted by Crippen LogP contribution is 2.18. The van der Waals surface area contributed by atoms with Crippen LogP contribution in [0.4, 0.5) is 0 Å². The fraction of sp³-hybridized carbons (Fsp3) is 0.385. The molecule has 2 unspecified atom stereocenters. The van der Waals surface area contributed by atoms with Crippen molar-refractivity contribution in [1.29, 1.82) is 0 Å². The van der Waals surface area contributed by atoms with Gasteiger partial charge in [-0.1, -0.05) is 30.3 Å². The summed E-state index contributed by atoms with van der Waals surface area (Å²) in [4.78, 5) is 23.4. The molecule has 4 nitrogen and oxygen atoms in total. The van der Waals surface area contributed by atoms with Crippen LogP contribution in [-0.2, 0) is 9.53 Å². The minimum absolute atomic E-state index is 0.0389. The standard InChI is InChI=1S/C13H15NO3/c1-17-13(16)10-7-11(14-8-10)12(15)9-5-3-2-4-6-9/h2-6,10-11,14H,7-8H2,1H3. The number of benzene rings is 1. The molecule has 90 valence electrons. The van der Waals surface area contributed by atoms with E-state index in [0.29, 0.717) is 18.5 Å². The lowest BCUT2D eigenvalue weighted by atomic mass is 9.99. The van der Waals surface area contributed by atoms with Gasteiger partial charge in [-0.2, -0.15) is 0 Å². The summed E-state index contributed by atoms with van der Waals surface area (Å²) in [7, 11) is 1.37. The van der Waals surface area contributed by atoms with Gasteiger partial charge in [0.25, 0.3) is 0 Å². The van der Waals surface area contributed by atoms with Crippen molar-refractivity contribution in [1.82, 2.24) is 5.32 Å². The first-order valence-corrected chi connectivity index (χ1v) is 5.63. The van der Waals surface area contributed by atoms with Crippen molar-refractivity contribution in [2.24, 2.45) is 5.92 Å². The van der Waals surface area contributed by atoms with Crippen LogP contribution in [0.5, 0.6) is 0 Å². The Hall–Kier alpha value is -1.68. The third-order valence-corrected chi connectivity index (χ3v) is 3.04. The molecule has 1 aliphatic heterocycles. The molecule has 1 heterocycles. The molecule has 1 fully saturated rings. The number of carbonyl (C=O) groups excluding carboxylic acids is 2. The zero-order valence-electron chi connectivity index (χ0n) is 9.68. The highest BCUT2D eigenvalue weighted by atomic mass is 16.5. The number of ketones is 1. The summed E-state index contributed by atoms with van der Waals surface area (Å²) in [6, 6.07) is 8.84. The van der Waals surface area contributed by atoms with Gasteiger partial charge in [0.2, 0.25) is 0 Å². The number of carbonyl (C=O) groups is 2. The summed E-state index contributed by atoms with van der Waals surface area (Å²) in [5.41, 5.74) is 0.676. The molecular weight excluding hydrogens is 218 g/mol. The monoisotopic (exact) mass is 233 g/mol. The quantitative estimate of drug-likeness (QED) is 0.625. The molecule has 1 aromatic carbocycles. The molecule has 2 atom stereocenters. The zero-order chi connectivity index (χ0) is 12.3. The van der Waals surface area contributed by atoms with Crippen molar-refractivity contribution in [3.05, 3.63) is 35.9 Å². The van der Waals surface area contributed by atoms with E-state index in [0.717, 1.165) is 0 Å². The van der Waals surface area contributed by atoms with E-state index in [1.807, 2.05) is 18.2 Å². The Labute approximate surface area is 100.0 Å². The molecule has 2 rings (SSSR count). The Balaban J connectivity index is 2.02. The van der Waals surface area contributed by atoms with Crippen molar-refractivity contribution in [3.8, 4) is 0 Å². The Morgan fingerprint density at radius 1 is 1.29 bits per heavy atom. The smallest absolute Gasteiger partial charge is 0.310 e. The Bertz CT molecular complexity index is 416. The molecule has 17 heavy (non-hydrogen) atoms. The predicted octanol–water partition coefficient (Wildman–Crippen LogP) is 1.02. The van der Waals surface area contributed by atoms with Crippen molar-refractivity contribution in [2.45, 2.75) is 12.5 Å². The van der Waals surface area contributed by atoms with E-state index in [1.54, 1.807) is 12.1 Å². The van der Waals surface area contributed by atoms with E-state index >= 15 is 0 Å². The van der Waals surface area contributed by atoms with Gasteiger partial charge in [0, 0.05) is 12.1 Å². The molecule has 0 saturated carbocycles. The van der Waals surface area contributed by atoms with E-state index in [9.17, 15) is 9.59 Å². The summed E-state index contributed by atoms with van der Waals surface area (Å²) in [5, 5.41) is 3.07. The molecule has 0 radical (unpaired) electrons. The highest BCUT2D eigenvalue weighted by Gasteiger charge is 2.34. The first-order chi connectivity index (χ1) is 8.22. The molecule has 1 aliphatic rings. The number of rotatable bonds is 3. The van der Waals surface area contributed by atoms with Crippen LogP contribution in [0.1, 0.15) is 16.8 Å². The van der Waals surface area contributed by atoms with E-state index in [1.165, 1.54) is 7.11 Å². The second kappa shape index (κ2) is 5.10. The first-order valence-electron chi connectivity index (χ1n) is 5.63. The second-order valence-electron chi connectivity index (χ2n) is 4.15. The molecule has 4 heteroatoms. The van der Waals surface area contributed by atoms with Gasteiger partial charge < -0.3 is 10.1 Å². The number of nitrogens with one attached hydrogen (secondary N) is 1. The molecule has 0 aromatic heterocycles. The van der Waals surface area contributed by atoms with Crippen LogP contribution in [0.25, 0.3) is 0 Å². The minimum Gasteiger partial charge on any atom is -0.469 e. The lowest BCUT2D eigenvalue weighted by Crippen LogP contribution is -2.30. The van der Waals surface area contributed by atoms with E-state index in [4.69, 9.17) is 0 Å². The van der Waals surface area contributed by atoms with Crippen LogP contribution in [0, 0.1) is 5.92 Å². The Morgan fingerprint density at radius 2 is 2.00 bits per heavy atom. The van der Waals surface area contributed by atoms with Gasteiger partial charge >= 0.3 is 5.97 Å². The maximum Gasteiger partial charge on any atom is 0.310 e. The van der Waals surface area contributed by atoms with Crippen molar-refractivity contribution < 1.29 is 14.3 Å². The topological polar surface area (TPSA) is 55.4 Å². The minimum atomic E-state index is -0.276. The van der Waals surface area contributed by atoms with E-state index in [-0.39, 0.29) is 23.7 Å². The lowest BCUT2D eigenvalue weighted by molar-refractivity contribution is -0.144. The van der Waals surface area contributed by atoms with Crippen molar-refractivity contribution in [2.75, 3.05) is 13.7 Å². The summed E-state index contributed by atoms with van der Waals surface area (Å²) < 4.78 is 4.68. The maximum atomic E-state index is 12.1. The van der Waals surface area contributed by atoms with Crippen LogP contribution >= 0.6 is 0 Å². The summed E-state index contributed by atoms with van der Waals surface area (Å²) in [5.74, 6) is -0.421. The van der Waals surface area contributed by atoms with Crippen LogP contribution in [0.2, 0.25) is 0 Å². The third-order valence-electron chi connectivity index (χ3n) is 3.04. The number of hydrogen-bond acceptors (Lipinski definition) is 4. The maximum absolute atomic E-state index is 12.1. The number of Topliss-reactive ketones (excluding diaryl/α,β-unsaturated/α-hetero) is 1. The van der Waals surface area contributed by atoms with Crippen LogP contribution < -0.4 is 5.32 Å². The van der Waals surface area contributed by atoms with Crippen molar-refractivity contribution >= 4 is 11.8 Å². The number of esters is 1. The van der Waals surface area contributed by atoms with Gasteiger partial charge in [-0.25, -0.2) is 0 Å². The Kier molecular flexibility index (Phi) is 3.54. The number of hydrogen-bond donors (Lipinski definition) is 1. The lowest BCUT2D eigenvalue weighted by Gasteiger charge is -2.08. The van der Waals surface area contributed by atoms with Gasteiger partial charge in [-0.3, -0.25) is 9.59 Å². The molecular formula is C13H15NO3. The number of methoxy groups -OCH3 is 1. The summed E-state index contributed by atoms with van der Waals surface area (Å²) >= 11 is 0. The predicted molar refractivity (Wildman–Crippen MR) is 62.7 cm³/mol. The SMILES string of the molecule is COC(=O)C1CNC(C(=O)c2ccccc2)C1. The largest absolute Gasteiger partial charge is 0.469 e. The molecule has 1 N–H and O–H groups in total.